The van der Waals surface area contributed by atoms with E-state index in [4.69, 9.17) is 4.74 Å². The highest BCUT2D eigenvalue weighted by molar-refractivity contribution is 7.11. The minimum absolute atomic E-state index is 0.826. The standard InChI is InChI=1S/C11H12N2OS/c1-2-4-10-9(3-1)11(15-12-10)13-5-7-14-8-6-13/h1-4H,5-8H2. The fourth-order valence-electron chi connectivity index (χ4n) is 1.87. The Morgan fingerprint density at radius 1 is 1.20 bits per heavy atom. The Morgan fingerprint density at radius 2 is 2.00 bits per heavy atom. The lowest BCUT2D eigenvalue weighted by Crippen LogP contribution is -2.35. The lowest BCUT2D eigenvalue weighted by atomic mass is 10.2. The first-order chi connectivity index (χ1) is 7.45. The van der Waals surface area contributed by atoms with Crippen LogP contribution in [0.2, 0.25) is 0 Å². The molecule has 0 spiro atoms. The molecule has 78 valence electrons. The van der Waals surface area contributed by atoms with Gasteiger partial charge in [0.15, 0.2) is 0 Å². The van der Waals surface area contributed by atoms with Gasteiger partial charge in [-0.1, -0.05) is 12.1 Å². The number of hydrogen-bond acceptors (Lipinski definition) is 4. The highest BCUT2D eigenvalue weighted by atomic mass is 32.1. The maximum Gasteiger partial charge on any atom is 0.120 e. The van der Waals surface area contributed by atoms with Crippen LogP contribution in [0, 0.1) is 0 Å². The number of hydrogen-bond donors (Lipinski definition) is 0. The molecule has 3 nitrogen and oxygen atoms in total. The van der Waals surface area contributed by atoms with Gasteiger partial charge in [-0.25, -0.2) is 0 Å². The Hall–Kier alpha value is -1.13. The summed E-state index contributed by atoms with van der Waals surface area (Å²) in [5, 5.41) is 2.55. The van der Waals surface area contributed by atoms with E-state index in [1.807, 2.05) is 6.07 Å². The molecule has 0 radical (unpaired) electrons. The molecular weight excluding hydrogens is 208 g/mol. The molecule has 0 amide bonds. The van der Waals surface area contributed by atoms with Crippen LogP contribution in [0.15, 0.2) is 24.3 Å². The Morgan fingerprint density at radius 3 is 2.87 bits per heavy atom. The lowest BCUT2D eigenvalue weighted by Gasteiger charge is -2.27. The Labute approximate surface area is 92.4 Å². The van der Waals surface area contributed by atoms with Crippen molar-refractivity contribution < 1.29 is 4.74 Å². The smallest absolute Gasteiger partial charge is 0.120 e. The van der Waals surface area contributed by atoms with E-state index in [-0.39, 0.29) is 0 Å². The van der Waals surface area contributed by atoms with E-state index in [1.165, 1.54) is 10.4 Å². The number of nitrogens with zero attached hydrogens (tertiary/aromatic N) is 2. The third-order valence-corrected chi connectivity index (χ3v) is 3.60. The van der Waals surface area contributed by atoms with Crippen molar-refractivity contribution in [3.63, 3.8) is 0 Å². The highest BCUT2D eigenvalue weighted by Crippen LogP contribution is 2.31. The first kappa shape index (κ1) is 9.12. The summed E-state index contributed by atoms with van der Waals surface area (Å²) in [7, 11) is 0. The van der Waals surface area contributed by atoms with Crippen LogP contribution in [0.1, 0.15) is 0 Å². The first-order valence-corrected chi connectivity index (χ1v) is 5.89. The van der Waals surface area contributed by atoms with Crippen molar-refractivity contribution in [2.75, 3.05) is 31.2 Å². The maximum atomic E-state index is 5.35. The van der Waals surface area contributed by atoms with E-state index in [2.05, 4.69) is 27.5 Å². The number of aromatic nitrogens is 1. The Balaban J connectivity index is 2.02. The summed E-state index contributed by atoms with van der Waals surface area (Å²) < 4.78 is 9.81. The van der Waals surface area contributed by atoms with Gasteiger partial charge in [0.2, 0.25) is 0 Å². The third kappa shape index (κ3) is 1.60. The predicted molar refractivity (Wildman–Crippen MR) is 62.7 cm³/mol. The number of ether oxygens (including phenoxy) is 1. The van der Waals surface area contributed by atoms with E-state index in [9.17, 15) is 0 Å². The van der Waals surface area contributed by atoms with Crippen LogP contribution in [0.5, 0.6) is 0 Å². The van der Waals surface area contributed by atoms with Crippen LogP contribution in [0.25, 0.3) is 10.9 Å². The summed E-state index contributed by atoms with van der Waals surface area (Å²) in [4.78, 5) is 2.36. The molecule has 0 unspecified atom stereocenters. The quantitative estimate of drug-likeness (QED) is 0.736. The van der Waals surface area contributed by atoms with Crippen LogP contribution < -0.4 is 4.90 Å². The van der Waals surface area contributed by atoms with Crippen molar-refractivity contribution in [2.24, 2.45) is 0 Å². The zero-order valence-electron chi connectivity index (χ0n) is 8.35. The molecular formula is C11H12N2OS. The minimum Gasteiger partial charge on any atom is -0.378 e. The van der Waals surface area contributed by atoms with Crippen molar-refractivity contribution in [2.45, 2.75) is 0 Å². The molecule has 1 aromatic carbocycles. The van der Waals surface area contributed by atoms with Crippen LogP contribution in [0.4, 0.5) is 5.00 Å². The molecule has 4 heteroatoms. The average molecular weight is 220 g/mol. The Kier molecular flexibility index (Phi) is 2.31. The van der Waals surface area contributed by atoms with Crippen LogP contribution in [0.3, 0.4) is 0 Å². The molecule has 1 aliphatic heterocycles. The monoisotopic (exact) mass is 220 g/mol. The van der Waals surface area contributed by atoms with Crippen LogP contribution >= 0.6 is 11.5 Å². The summed E-state index contributed by atoms with van der Waals surface area (Å²) in [6, 6.07) is 8.31. The van der Waals surface area contributed by atoms with Crippen molar-refractivity contribution in [1.82, 2.24) is 4.37 Å². The molecule has 0 bridgehead atoms. The Bertz CT molecular complexity index is 462. The van der Waals surface area contributed by atoms with Gasteiger partial charge in [0.25, 0.3) is 0 Å². The van der Waals surface area contributed by atoms with Gasteiger partial charge in [0, 0.05) is 18.5 Å². The van der Waals surface area contributed by atoms with Gasteiger partial charge in [-0.2, -0.15) is 4.37 Å². The van der Waals surface area contributed by atoms with E-state index >= 15 is 0 Å². The number of rotatable bonds is 1. The van der Waals surface area contributed by atoms with E-state index < -0.39 is 0 Å². The molecule has 1 aliphatic rings. The third-order valence-electron chi connectivity index (χ3n) is 2.66. The molecule has 0 N–H and O–H groups in total. The maximum absolute atomic E-state index is 5.35. The van der Waals surface area contributed by atoms with E-state index in [0.29, 0.717) is 0 Å². The molecule has 2 heterocycles. The number of morpholine rings is 1. The fourth-order valence-corrected chi connectivity index (χ4v) is 2.78. The molecule has 1 aromatic heterocycles. The summed E-state index contributed by atoms with van der Waals surface area (Å²) in [5.41, 5.74) is 1.10. The molecule has 0 aliphatic carbocycles. The van der Waals surface area contributed by atoms with Gasteiger partial charge in [-0.15, -0.1) is 0 Å². The first-order valence-electron chi connectivity index (χ1n) is 5.12. The average Bonchev–Trinajstić information content (AvgIpc) is 2.74. The van der Waals surface area contributed by atoms with Gasteiger partial charge in [-0.3, -0.25) is 0 Å². The van der Waals surface area contributed by atoms with E-state index in [1.54, 1.807) is 11.5 Å². The largest absolute Gasteiger partial charge is 0.378 e. The van der Waals surface area contributed by atoms with Crippen molar-refractivity contribution in [1.29, 1.82) is 0 Å². The molecule has 1 fully saturated rings. The predicted octanol–water partition coefficient (Wildman–Crippen LogP) is 2.13. The van der Waals surface area contributed by atoms with Crippen molar-refractivity contribution >= 4 is 27.4 Å². The summed E-state index contributed by atoms with van der Waals surface area (Å²) in [5.74, 6) is 0. The summed E-state index contributed by atoms with van der Waals surface area (Å²) >= 11 is 1.59. The fraction of sp³-hybridized carbons (Fsp3) is 0.364. The molecule has 0 saturated carbocycles. The van der Waals surface area contributed by atoms with Gasteiger partial charge in [0.1, 0.15) is 5.00 Å². The highest BCUT2D eigenvalue weighted by Gasteiger charge is 2.15. The molecule has 1 saturated heterocycles. The second-order valence-electron chi connectivity index (χ2n) is 3.60. The zero-order chi connectivity index (χ0) is 10.1. The van der Waals surface area contributed by atoms with Gasteiger partial charge in [0.05, 0.1) is 18.7 Å². The molecule has 0 atom stereocenters. The number of fused-ring (bicyclic) bond motifs is 1. The topological polar surface area (TPSA) is 25.4 Å². The van der Waals surface area contributed by atoms with Crippen LogP contribution in [-0.4, -0.2) is 30.7 Å². The van der Waals surface area contributed by atoms with Gasteiger partial charge in [-0.05, 0) is 23.7 Å². The minimum atomic E-state index is 0.826. The molecule has 3 rings (SSSR count). The van der Waals surface area contributed by atoms with Gasteiger partial charge < -0.3 is 9.64 Å². The van der Waals surface area contributed by atoms with Gasteiger partial charge >= 0.3 is 0 Å². The van der Waals surface area contributed by atoms with Crippen molar-refractivity contribution in [3.05, 3.63) is 24.3 Å². The van der Waals surface area contributed by atoms with E-state index in [0.717, 1.165) is 31.8 Å². The molecule has 15 heavy (non-hydrogen) atoms. The van der Waals surface area contributed by atoms with Crippen molar-refractivity contribution in [3.8, 4) is 0 Å². The molecule has 2 aromatic rings. The zero-order valence-corrected chi connectivity index (χ0v) is 9.17. The number of benzene rings is 1. The lowest BCUT2D eigenvalue weighted by molar-refractivity contribution is 0.123. The summed E-state index contributed by atoms with van der Waals surface area (Å²) in [6.45, 7) is 3.61. The number of anilines is 1. The van der Waals surface area contributed by atoms with Crippen LogP contribution in [-0.2, 0) is 4.74 Å². The normalized spacial score (nSPS) is 17.2. The second-order valence-corrected chi connectivity index (χ2v) is 4.36. The SMILES string of the molecule is c1ccc2c(N3CCOCC3)snc2c1. The second kappa shape index (κ2) is 3.79. The summed E-state index contributed by atoms with van der Waals surface area (Å²) in [6.07, 6.45) is 0.